The van der Waals surface area contributed by atoms with Gasteiger partial charge in [-0.1, -0.05) is 0 Å². The summed E-state index contributed by atoms with van der Waals surface area (Å²) >= 11 is 0. The SMILES string of the molecule is OC[C@H]1O[C@@H](O[C@@H]2[C@@H](O)[C@H](O)[C@H](O)O[C@@H]2CO)[C@H](O)[C@@H](O)[C@@H]1O. The number of ether oxygens (including phenoxy) is 3. The summed E-state index contributed by atoms with van der Waals surface area (Å²) < 4.78 is 15.3. The van der Waals surface area contributed by atoms with Gasteiger partial charge in [0.15, 0.2) is 12.6 Å². The number of aliphatic hydroxyl groups excluding tert-OH is 8. The number of rotatable bonds is 4. The predicted molar refractivity (Wildman–Crippen MR) is 68.6 cm³/mol. The molecule has 0 bridgehead atoms. The third kappa shape index (κ3) is 3.65. The van der Waals surface area contributed by atoms with E-state index in [1.54, 1.807) is 0 Å². The van der Waals surface area contributed by atoms with Gasteiger partial charge >= 0.3 is 0 Å². The molecule has 0 aromatic carbocycles. The van der Waals surface area contributed by atoms with Crippen molar-refractivity contribution in [3.05, 3.63) is 0 Å². The highest BCUT2D eigenvalue weighted by molar-refractivity contribution is 4.93. The van der Waals surface area contributed by atoms with Crippen LogP contribution in [0.5, 0.6) is 0 Å². The van der Waals surface area contributed by atoms with E-state index in [1.807, 2.05) is 0 Å². The maximum absolute atomic E-state index is 9.94. The lowest BCUT2D eigenvalue weighted by Gasteiger charge is -2.45. The Morgan fingerprint density at radius 2 is 1.26 bits per heavy atom. The quantitative estimate of drug-likeness (QED) is 0.243. The maximum atomic E-state index is 9.94. The van der Waals surface area contributed by atoms with E-state index in [9.17, 15) is 35.7 Å². The molecule has 2 aliphatic rings. The van der Waals surface area contributed by atoms with Gasteiger partial charge in [-0.25, -0.2) is 0 Å². The maximum Gasteiger partial charge on any atom is 0.187 e. The highest BCUT2D eigenvalue weighted by atomic mass is 16.7. The fourth-order valence-corrected chi connectivity index (χ4v) is 2.57. The summed E-state index contributed by atoms with van der Waals surface area (Å²) in [6, 6.07) is 0. The van der Waals surface area contributed by atoms with Gasteiger partial charge in [0.25, 0.3) is 0 Å². The normalized spacial score (nSPS) is 51.7. The van der Waals surface area contributed by atoms with Crippen molar-refractivity contribution in [2.24, 2.45) is 0 Å². The van der Waals surface area contributed by atoms with E-state index in [0.29, 0.717) is 0 Å². The van der Waals surface area contributed by atoms with Crippen molar-refractivity contribution in [3.63, 3.8) is 0 Å². The molecule has 136 valence electrons. The van der Waals surface area contributed by atoms with Crippen LogP contribution in [0.2, 0.25) is 0 Å². The van der Waals surface area contributed by atoms with E-state index in [1.165, 1.54) is 0 Å². The zero-order valence-electron chi connectivity index (χ0n) is 12.0. The lowest BCUT2D eigenvalue weighted by atomic mass is 9.97. The minimum absolute atomic E-state index is 0.667. The Kier molecular flexibility index (Phi) is 6.27. The molecule has 8 N–H and O–H groups in total. The van der Waals surface area contributed by atoms with Crippen LogP contribution in [0.15, 0.2) is 0 Å². The molecule has 11 nitrogen and oxygen atoms in total. The Bertz CT molecular complexity index is 378. The molecule has 0 aliphatic carbocycles. The van der Waals surface area contributed by atoms with Gasteiger partial charge in [-0.2, -0.15) is 0 Å². The van der Waals surface area contributed by atoms with Crippen LogP contribution < -0.4 is 0 Å². The molecule has 0 aromatic rings. The summed E-state index contributed by atoms with van der Waals surface area (Å²) in [5.41, 5.74) is 0. The summed E-state index contributed by atoms with van der Waals surface area (Å²) in [7, 11) is 0. The second-order valence-electron chi connectivity index (χ2n) is 5.53. The van der Waals surface area contributed by atoms with Crippen molar-refractivity contribution in [1.29, 1.82) is 0 Å². The number of hydrogen-bond acceptors (Lipinski definition) is 11. The summed E-state index contributed by atoms with van der Waals surface area (Å²) in [5.74, 6) is 0. The summed E-state index contributed by atoms with van der Waals surface area (Å²) in [6.07, 6.45) is -15.6. The summed E-state index contributed by atoms with van der Waals surface area (Å²) in [6.45, 7) is -1.35. The van der Waals surface area contributed by atoms with Crippen molar-refractivity contribution in [3.8, 4) is 0 Å². The summed E-state index contributed by atoms with van der Waals surface area (Å²) in [4.78, 5) is 0. The molecular weight excluding hydrogens is 320 g/mol. The Morgan fingerprint density at radius 1 is 0.652 bits per heavy atom. The minimum Gasteiger partial charge on any atom is -0.394 e. The predicted octanol–water partition coefficient (Wildman–Crippen LogP) is -5.40. The molecule has 2 heterocycles. The molecule has 23 heavy (non-hydrogen) atoms. The molecule has 0 amide bonds. The van der Waals surface area contributed by atoms with Crippen molar-refractivity contribution >= 4 is 0 Å². The molecule has 2 fully saturated rings. The van der Waals surface area contributed by atoms with Crippen molar-refractivity contribution in [2.45, 2.75) is 61.4 Å². The van der Waals surface area contributed by atoms with E-state index in [-0.39, 0.29) is 0 Å². The van der Waals surface area contributed by atoms with Gasteiger partial charge in [-0.05, 0) is 0 Å². The molecular formula is C12H22O11. The molecule has 0 spiro atoms. The fraction of sp³-hybridized carbons (Fsp3) is 1.00. The second-order valence-corrected chi connectivity index (χ2v) is 5.53. The van der Waals surface area contributed by atoms with Gasteiger partial charge in [0.1, 0.15) is 48.8 Å². The summed E-state index contributed by atoms with van der Waals surface area (Å²) in [5, 5.41) is 76.5. The van der Waals surface area contributed by atoms with Gasteiger partial charge in [0.05, 0.1) is 13.2 Å². The first-order valence-corrected chi connectivity index (χ1v) is 7.08. The zero-order chi connectivity index (χ0) is 17.3. The van der Waals surface area contributed by atoms with Gasteiger partial charge < -0.3 is 55.1 Å². The molecule has 10 atom stereocenters. The van der Waals surface area contributed by atoms with Gasteiger partial charge in [0, 0.05) is 0 Å². The number of hydrogen-bond donors (Lipinski definition) is 8. The third-order valence-corrected chi connectivity index (χ3v) is 3.98. The molecule has 11 heteroatoms. The first-order valence-electron chi connectivity index (χ1n) is 7.08. The molecule has 2 aliphatic heterocycles. The third-order valence-electron chi connectivity index (χ3n) is 3.98. The van der Waals surface area contributed by atoms with Crippen LogP contribution in [-0.2, 0) is 14.2 Å². The Labute approximate surface area is 130 Å². The molecule has 2 rings (SSSR count). The highest BCUT2D eigenvalue weighted by Crippen LogP contribution is 2.28. The molecule has 0 radical (unpaired) electrons. The average molecular weight is 342 g/mol. The standard InChI is InChI=1S/C12H22O11/c13-1-3-5(15)6(16)9(19)12(22-3)23-10-4(2-14)21-11(20)8(18)7(10)17/h3-20H,1-2H2/t3-,4-,5-,6+,7+,8+,9-,10+,11-,12+/m1/s1. The Morgan fingerprint density at radius 3 is 1.83 bits per heavy atom. The van der Waals surface area contributed by atoms with E-state index < -0.39 is 74.6 Å². The topological polar surface area (TPSA) is 190 Å². The van der Waals surface area contributed by atoms with Crippen LogP contribution in [0.3, 0.4) is 0 Å². The first-order chi connectivity index (χ1) is 10.8. The van der Waals surface area contributed by atoms with Crippen LogP contribution in [0.4, 0.5) is 0 Å². The second kappa shape index (κ2) is 7.63. The van der Waals surface area contributed by atoms with Gasteiger partial charge in [-0.3, -0.25) is 0 Å². The van der Waals surface area contributed by atoms with Crippen LogP contribution in [0.25, 0.3) is 0 Å². The van der Waals surface area contributed by atoms with Crippen molar-refractivity contribution in [2.75, 3.05) is 13.2 Å². The lowest BCUT2D eigenvalue weighted by molar-refractivity contribution is -0.355. The van der Waals surface area contributed by atoms with E-state index in [0.717, 1.165) is 0 Å². The van der Waals surface area contributed by atoms with E-state index in [4.69, 9.17) is 19.3 Å². The largest absolute Gasteiger partial charge is 0.394 e. The van der Waals surface area contributed by atoms with Crippen molar-refractivity contribution in [1.82, 2.24) is 0 Å². The van der Waals surface area contributed by atoms with Crippen molar-refractivity contribution < 1.29 is 55.1 Å². The molecule has 0 aromatic heterocycles. The van der Waals surface area contributed by atoms with E-state index in [2.05, 4.69) is 0 Å². The molecule has 2 saturated heterocycles. The highest BCUT2D eigenvalue weighted by Gasteiger charge is 2.50. The van der Waals surface area contributed by atoms with Crippen LogP contribution in [0, 0.1) is 0 Å². The fourth-order valence-electron chi connectivity index (χ4n) is 2.57. The number of aliphatic hydroxyl groups is 8. The lowest BCUT2D eigenvalue weighted by Crippen LogP contribution is -2.64. The van der Waals surface area contributed by atoms with Crippen LogP contribution in [-0.4, -0.2) is 115 Å². The van der Waals surface area contributed by atoms with E-state index >= 15 is 0 Å². The minimum atomic E-state index is -1.74. The van der Waals surface area contributed by atoms with Crippen LogP contribution in [0.1, 0.15) is 0 Å². The smallest absolute Gasteiger partial charge is 0.187 e. The zero-order valence-corrected chi connectivity index (χ0v) is 12.0. The monoisotopic (exact) mass is 342 g/mol. The van der Waals surface area contributed by atoms with Crippen LogP contribution >= 0.6 is 0 Å². The first kappa shape index (κ1) is 18.9. The Balaban J connectivity index is 2.11. The van der Waals surface area contributed by atoms with Gasteiger partial charge in [-0.15, -0.1) is 0 Å². The molecule has 0 saturated carbocycles. The Hall–Kier alpha value is -0.440. The van der Waals surface area contributed by atoms with Gasteiger partial charge in [0.2, 0.25) is 0 Å². The molecule has 0 unspecified atom stereocenters. The average Bonchev–Trinajstić information content (AvgIpc) is 2.55.